The van der Waals surface area contributed by atoms with E-state index in [9.17, 15) is 4.79 Å². The number of hydrogen-bond acceptors (Lipinski definition) is 3. The molecule has 4 heteroatoms. The summed E-state index contributed by atoms with van der Waals surface area (Å²) in [4.78, 5) is 14.1. The fraction of sp³-hybridized carbons (Fsp3) is 0.500. The Kier molecular flexibility index (Phi) is 5.08. The van der Waals surface area contributed by atoms with E-state index in [4.69, 9.17) is 4.74 Å². The summed E-state index contributed by atoms with van der Waals surface area (Å²) >= 11 is 4.45. The van der Waals surface area contributed by atoms with Crippen LogP contribution in [0.1, 0.15) is 12.0 Å². The largest absolute Gasteiger partial charge is 0.380 e. The Morgan fingerprint density at radius 3 is 2.83 bits per heavy atom. The molecule has 1 amide bonds. The molecular weight excluding hydrogens is 246 g/mol. The number of nitrogens with zero attached hydrogens (tertiary/aromatic N) is 1. The molecule has 0 aliphatic carbocycles. The first-order valence-electron chi connectivity index (χ1n) is 6.36. The third-order valence-electron chi connectivity index (χ3n) is 3.09. The van der Waals surface area contributed by atoms with E-state index in [1.807, 2.05) is 35.2 Å². The molecule has 2 rings (SSSR count). The van der Waals surface area contributed by atoms with E-state index >= 15 is 0 Å². The Balaban J connectivity index is 1.91. The van der Waals surface area contributed by atoms with Gasteiger partial charge in [-0.15, -0.1) is 0 Å². The van der Waals surface area contributed by atoms with E-state index in [1.54, 1.807) is 0 Å². The normalized spacial score (nSPS) is 18.2. The molecule has 0 bridgehead atoms. The minimum Gasteiger partial charge on any atom is -0.380 e. The summed E-state index contributed by atoms with van der Waals surface area (Å²) in [6, 6.07) is 10.0. The molecule has 1 aliphatic rings. The number of ether oxygens (including phenoxy) is 1. The number of benzene rings is 1. The lowest BCUT2D eigenvalue weighted by atomic mass is 10.1. The second-order valence-corrected chi connectivity index (χ2v) is 5.12. The van der Waals surface area contributed by atoms with Crippen LogP contribution < -0.4 is 0 Å². The summed E-state index contributed by atoms with van der Waals surface area (Å²) in [5.74, 6) is 0.118. The van der Waals surface area contributed by atoms with Gasteiger partial charge in [0, 0.05) is 19.7 Å². The third-order valence-corrected chi connectivity index (χ3v) is 3.49. The van der Waals surface area contributed by atoms with Crippen LogP contribution >= 0.6 is 12.6 Å². The van der Waals surface area contributed by atoms with Crippen molar-refractivity contribution < 1.29 is 9.53 Å². The fourth-order valence-corrected chi connectivity index (χ4v) is 2.48. The Labute approximate surface area is 114 Å². The average molecular weight is 265 g/mol. The standard InChI is InChI=1S/C14H19NO2S/c16-14(15-7-4-9-17-10-8-15)13(18)11-12-5-2-1-3-6-12/h1-3,5-6,13,18H,4,7-11H2. The monoisotopic (exact) mass is 265 g/mol. The van der Waals surface area contributed by atoms with Crippen LogP contribution in [-0.2, 0) is 16.0 Å². The van der Waals surface area contributed by atoms with Crippen molar-refractivity contribution in [3.05, 3.63) is 35.9 Å². The molecule has 1 unspecified atom stereocenters. The van der Waals surface area contributed by atoms with Gasteiger partial charge in [-0.3, -0.25) is 4.79 Å². The number of amides is 1. The van der Waals surface area contributed by atoms with Crippen molar-refractivity contribution in [3.8, 4) is 0 Å². The highest BCUT2D eigenvalue weighted by molar-refractivity contribution is 7.81. The first-order chi connectivity index (χ1) is 8.77. The van der Waals surface area contributed by atoms with E-state index in [0.717, 1.165) is 25.1 Å². The minimum absolute atomic E-state index is 0.118. The average Bonchev–Trinajstić information content (AvgIpc) is 2.68. The topological polar surface area (TPSA) is 29.5 Å². The number of rotatable bonds is 3. The minimum atomic E-state index is -0.259. The Hall–Kier alpha value is -1.00. The molecule has 1 atom stereocenters. The predicted molar refractivity (Wildman–Crippen MR) is 74.9 cm³/mol. The molecule has 3 nitrogen and oxygen atoms in total. The molecule has 1 aromatic carbocycles. The molecule has 1 aromatic rings. The zero-order valence-electron chi connectivity index (χ0n) is 10.4. The summed E-state index contributed by atoms with van der Waals surface area (Å²) in [7, 11) is 0. The molecule has 18 heavy (non-hydrogen) atoms. The quantitative estimate of drug-likeness (QED) is 0.844. The van der Waals surface area contributed by atoms with Gasteiger partial charge in [0.25, 0.3) is 0 Å². The summed E-state index contributed by atoms with van der Waals surface area (Å²) < 4.78 is 5.35. The molecule has 0 aromatic heterocycles. The fourth-order valence-electron chi connectivity index (χ4n) is 2.10. The van der Waals surface area contributed by atoms with Crippen LogP contribution in [0, 0.1) is 0 Å². The van der Waals surface area contributed by atoms with Crippen molar-refractivity contribution in [1.82, 2.24) is 4.90 Å². The van der Waals surface area contributed by atoms with Crippen LogP contribution in [0.3, 0.4) is 0 Å². The van der Waals surface area contributed by atoms with Gasteiger partial charge in [-0.1, -0.05) is 30.3 Å². The van der Waals surface area contributed by atoms with Crippen LogP contribution in [0.15, 0.2) is 30.3 Å². The van der Waals surface area contributed by atoms with Crippen LogP contribution in [-0.4, -0.2) is 42.4 Å². The van der Waals surface area contributed by atoms with Crippen molar-refractivity contribution in [3.63, 3.8) is 0 Å². The van der Waals surface area contributed by atoms with Crippen molar-refractivity contribution in [2.24, 2.45) is 0 Å². The van der Waals surface area contributed by atoms with Crippen LogP contribution in [0.25, 0.3) is 0 Å². The lowest BCUT2D eigenvalue weighted by molar-refractivity contribution is -0.130. The van der Waals surface area contributed by atoms with Gasteiger partial charge in [0.2, 0.25) is 5.91 Å². The molecule has 98 valence electrons. The van der Waals surface area contributed by atoms with Gasteiger partial charge in [-0.05, 0) is 18.4 Å². The van der Waals surface area contributed by atoms with Crippen LogP contribution in [0.5, 0.6) is 0 Å². The second-order valence-electron chi connectivity index (χ2n) is 4.50. The Morgan fingerprint density at radius 1 is 1.28 bits per heavy atom. The summed E-state index contributed by atoms with van der Waals surface area (Å²) in [6.45, 7) is 2.85. The Morgan fingerprint density at radius 2 is 2.06 bits per heavy atom. The van der Waals surface area contributed by atoms with Gasteiger partial charge < -0.3 is 9.64 Å². The molecule has 0 saturated carbocycles. The van der Waals surface area contributed by atoms with E-state index in [-0.39, 0.29) is 11.2 Å². The number of thiol groups is 1. The molecule has 1 heterocycles. The number of carbonyl (C=O) groups is 1. The second kappa shape index (κ2) is 6.81. The molecular formula is C14H19NO2S. The van der Waals surface area contributed by atoms with Gasteiger partial charge in [-0.2, -0.15) is 12.6 Å². The molecule has 0 N–H and O–H groups in total. The first kappa shape index (κ1) is 13.4. The maximum Gasteiger partial charge on any atom is 0.235 e. The smallest absolute Gasteiger partial charge is 0.235 e. The van der Waals surface area contributed by atoms with Gasteiger partial charge in [-0.25, -0.2) is 0 Å². The van der Waals surface area contributed by atoms with Crippen molar-refractivity contribution in [1.29, 1.82) is 0 Å². The predicted octanol–water partition coefficient (Wildman–Crippen LogP) is 1.78. The maximum absolute atomic E-state index is 12.2. The van der Waals surface area contributed by atoms with E-state index < -0.39 is 0 Å². The number of hydrogen-bond donors (Lipinski definition) is 1. The van der Waals surface area contributed by atoms with E-state index in [1.165, 1.54) is 0 Å². The van der Waals surface area contributed by atoms with Gasteiger partial charge in [0.1, 0.15) is 0 Å². The highest BCUT2D eigenvalue weighted by Crippen LogP contribution is 2.12. The zero-order valence-corrected chi connectivity index (χ0v) is 11.3. The summed E-state index contributed by atoms with van der Waals surface area (Å²) in [6.07, 6.45) is 1.59. The SMILES string of the molecule is O=C(C(S)Cc1ccccc1)N1CCCOCC1. The van der Waals surface area contributed by atoms with Crippen molar-refractivity contribution in [2.75, 3.05) is 26.3 Å². The van der Waals surface area contributed by atoms with Gasteiger partial charge in [0.05, 0.1) is 11.9 Å². The van der Waals surface area contributed by atoms with E-state index in [2.05, 4.69) is 12.6 Å². The van der Waals surface area contributed by atoms with Crippen LogP contribution in [0.4, 0.5) is 0 Å². The highest BCUT2D eigenvalue weighted by atomic mass is 32.1. The highest BCUT2D eigenvalue weighted by Gasteiger charge is 2.22. The number of carbonyl (C=O) groups excluding carboxylic acids is 1. The molecule has 1 fully saturated rings. The third kappa shape index (κ3) is 3.75. The molecule has 0 radical (unpaired) electrons. The van der Waals surface area contributed by atoms with Crippen molar-refractivity contribution in [2.45, 2.75) is 18.1 Å². The Bertz CT molecular complexity index is 375. The zero-order chi connectivity index (χ0) is 12.8. The molecule has 1 saturated heterocycles. The molecule has 1 aliphatic heterocycles. The lowest BCUT2D eigenvalue weighted by Gasteiger charge is -2.23. The molecule has 0 spiro atoms. The summed E-state index contributed by atoms with van der Waals surface area (Å²) in [5.41, 5.74) is 1.15. The van der Waals surface area contributed by atoms with Crippen molar-refractivity contribution >= 4 is 18.5 Å². The summed E-state index contributed by atoms with van der Waals surface area (Å²) in [5, 5.41) is -0.259. The maximum atomic E-state index is 12.2. The van der Waals surface area contributed by atoms with Crippen LogP contribution in [0.2, 0.25) is 0 Å². The van der Waals surface area contributed by atoms with Gasteiger partial charge >= 0.3 is 0 Å². The van der Waals surface area contributed by atoms with Gasteiger partial charge in [0.15, 0.2) is 0 Å². The van der Waals surface area contributed by atoms with E-state index in [0.29, 0.717) is 19.6 Å². The lowest BCUT2D eigenvalue weighted by Crippen LogP contribution is -2.39. The first-order valence-corrected chi connectivity index (χ1v) is 6.87.